The van der Waals surface area contributed by atoms with Crippen LogP contribution in [0.5, 0.6) is 0 Å². The number of benzene rings is 1. The van der Waals surface area contributed by atoms with Crippen LogP contribution in [0.15, 0.2) is 42.6 Å². The molecule has 1 N–H and O–H groups in total. The maximum atomic E-state index is 12.7. The van der Waals surface area contributed by atoms with E-state index >= 15 is 0 Å². The summed E-state index contributed by atoms with van der Waals surface area (Å²) in [4.78, 5) is 14.8. The van der Waals surface area contributed by atoms with E-state index in [9.17, 15) is 9.18 Å². The molecular weight excluding hydrogens is 207 g/mol. The average Bonchev–Trinajstić information content (AvgIpc) is 2.33. The molecular formula is C12H9FN2O. The average molecular weight is 216 g/mol. The van der Waals surface area contributed by atoms with Gasteiger partial charge in [0.2, 0.25) is 0 Å². The number of carbonyl (C=O) groups excluding carboxylic acids is 1. The zero-order valence-corrected chi connectivity index (χ0v) is 8.35. The fourth-order valence-electron chi connectivity index (χ4n) is 1.29. The standard InChI is InChI=1S/C12H9FN2O/c13-10-3-5-11(6-4-10)15-12-9(8-16)2-1-7-14-12/h1-8H,(H,14,15). The summed E-state index contributed by atoms with van der Waals surface area (Å²) >= 11 is 0. The number of anilines is 2. The lowest BCUT2D eigenvalue weighted by molar-refractivity contribution is 0.112. The van der Waals surface area contributed by atoms with E-state index in [1.165, 1.54) is 12.1 Å². The molecule has 0 atom stereocenters. The number of aromatic nitrogens is 1. The Kier molecular flexibility index (Phi) is 2.91. The van der Waals surface area contributed by atoms with Gasteiger partial charge in [0.25, 0.3) is 0 Å². The predicted molar refractivity (Wildman–Crippen MR) is 59.3 cm³/mol. The molecule has 0 saturated carbocycles. The van der Waals surface area contributed by atoms with E-state index in [0.717, 1.165) is 6.29 Å². The molecule has 0 aliphatic carbocycles. The van der Waals surface area contributed by atoms with Crippen LogP contribution in [-0.2, 0) is 0 Å². The molecule has 0 aliphatic heterocycles. The Hall–Kier alpha value is -2.23. The van der Waals surface area contributed by atoms with Crippen LogP contribution in [0, 0.1) is 5.82 Å². The number of nitrogens with zero attached hydrogens (tertiary/aromatic N) is 1. The highest BCUT2D eigenvalue weighted by molar-refractivity contribution is 5.83. The van der Waals surface area contributed by atoms with Crippen molar-refractivity contribution in [1.29, 1.82) is 0 Å². The maximum Gasteiger partial charge on any atom is 0.153 e. The monoisotopic (exact) mass is 216 g/mol. The third-order valence-electron chi connectivity index (χ3n) is 2.07. The molecule has 2 aromatic rings. The fourth-order valence-corrected chi connectivity index (χ4v) is 1.29. The minimum absolute atomic E-state index is 0.304. The van der Waals surface area contributed by atoms with Gasteiger partial charge in [-0.2, -0.15) is 0 Å². The molecule has 0 spiro atoms. The predicted octanol–water partition coefficient (Wildman–Crippen LogP) is 2.78. The number of aldehydes is 1. The van der Waals surface area contributed by atoms with Crippen molar-refractivity contribution in [1.82, 2.24) is 4.98 Å². The van der Waals surface area contributed by atoms with Gasteiger partial charge in [-0.25, -0.2) is 9.37 Å². The molecule has 16 heavy (non-hydrogen) atoms. The van der Waals surface area contributed by atoms with Gasteiger partial charge in [0.1, 0.15) is 11.6 Å². The second kappa shape index (κ2) is 4.53. The van der Waals surface area contributed by atoms with Crippen molar-refractivity contribution in [2.75, 3.05) is 5.32 Å². The van der Waals surface area contributed by atoms with Crippen LogP contribution in [0.1, 0.15) is 10.4 Å². The summed E-state index contributed by atoms with van der Waals surface area (Å²) in [7, 11) is 0. The lowest BCUT2D eigenvalue weighted by atomic mass is 10.2. The highest BCUT2D eigenvalue weighted by Gasteiger charge is 2.02. The molecule has 80 valence electrons. The van der Waals surface area contributed by atoms with E-state index in [1.54, 1.807) is 30.5 Å². The molecule has 1 aromatic heterocycles. The third kappa shape index (κ3) is 2.23. The lowest BCUT2D eigenvalue weighted by Crippen LogP contribution is -1.97. The molecule has 2 rings (SSSR count). The molecule has 3 nitrogen and oxygen atoms in total. The van der Waals surface area contributed by atoms with Crippen molar-refractivity contribution in [2.24, 2.45) is 0 Å². The second-order valence-corrected chi connectivity index (χ2v) is 3.19. The summed E-state index contributed by atoms with van der Waals surface area (Å²) in [6.07, 6.45) is 2.30. The smallest absolute Gasteiger partial charge is 0.153 e. The minimum atomic E-state index is -0.304. The van der Waals surface area contributed by atoms with Gasteiger partial charge in [-0.15, -0.1) is 0 Å². The Bertz CT molecular complexity index is 497. The van der Waals surface area contributed by atoms with Gasteiger partial charge >= 0.3 is 0 Å². The van der Waals surface area contributed by atoms with Gasteiger partial charge in [-0.05, 0) is 36.4 Å². The summed E-state index contributed by atoms with van der Waals surface area (Å²) in [5.41, 5.74) is 1.15. The Labute approximate surface area is 92.0 Å². The zero-order valence-electron chi connectivity index (χ0n) is 8.35. The number of hydrogen-bond acceptors (Lipinski definition) is 3. The largest absolute Gasteiger partial charge is 0.340 e. The molecule has 0 amide bonds. The van der Waals surface area contributed by atoms with Crippen molar-refractivity contribution in [3.05, 3.63) is 54.0 Å². The molecule has 0 aliphatic rings. The van der Waals surface area contributed by atoms with Gasteiger partial charge in [-0.3, -0.25) is 4.79 Å². The zero-order chi connectivity index (χ0) is 11.4. The van der Waals surface area contributed by atoms with Crippen LogP contribution in [-0.4, -0.2) is 11.3 Å². The van der Waals surface area contributed by atoms with E-state index in [-0.39, 0.29) is 5.82 Å². The highest BCUT2D eigenvalue weighted by Crippen LogP contribution is 2.17. The van der Waals surface area contributed by atoms with Crippen LogP contribution >= 0.6 is 0 Å². The van der Waals surface area contributed by atoms with Crippen LogP contribution < -0.4 is 5.32 Å². The van der Waals surface area contributed by atoms with Crippen LogP contribution in [0.4, 0.5) is 15.9 Å². The van der Waals surface area contributed by atoms with Crippen LogP contribution in [0.25, 0.3) is 0 Å². The maximum absolute atomic E-state index is 12.7. The summed E-state index contributed by atoms with van der Waals surface area (Å²) in [5.74, 6) is 0.159. The molecule has 0 fully saturated rings. The Morgan fingerprint density at radius 1 is 1.19 bits per heavy atom. The first-order valence-corrected chi connectivity index (χ1v) is 4.72. The van der Waals surface area contributed by atoms with Gasteiger partial charge < -0.3 is 5.32 Å². The molecule has 1 aromatic carbocycles. The van der Waals surface area contributed by atoms with Crippen LogP contribution in [0.3, 0.4) is 0 Å². The Morgan fingerprint density at radius 2 is 1.94 bits per heavy atom. The van der Waals surface area contributed by atoms with Gasteiger partial charge in [0.05, 0.1) is 5.56 Å². The van der Waals surface area contributed by atoms with E-state index in [4.69, 9.17) is 0 Å². The summed E-state index contributed by atoms with van der Waals surface area (Å²) < 4.78 is 12.7. The summed E-state index contributed by atoms with van der Waals surface area (Å²) in [5, 5.41) is 2.94. The van der Waals surface area contributed by atoms with E-state index in [2.05, 4.69) is 10.3 Å². The van der Waals surface area contributed by atoms with E-state index in [0.29, 0.717) is 17.1 Å². The number of carbonyl (C=O) groups is 1. The quantitative estimate of drug-likeness (QED) is 0.802. The Balaban J connectivity index is 2.26. The number of rotatable bonds is 3. The van der Waals surface area contributed by atoms with Crippen molar-refractivity contribution < 1.29 is 9.18 Å². The summed E-state index contributed by atoms with van der Waals surface area (Å²) in [6.45, 7) is 0. The lowest BCUT2D eigenvalue weighted by Gasteiger charge is -2.06. The summed E-state index contributed by atoms with van der Waals surface area (Å²) in [6, 6.07) is 9.18. The molecule has 4 heteroatoms. The number of pyridine rings is 1. The Morgan fingerprint density at radius 3 is 2.62 bits per heavy atom. The first-order valence-electron chi connectivity index (χ1n) is 4.72. The number of halogens is 1. The first-order chi connectivity index (χ1) is 7.79. The highest BCUT2D eigenvalue weighted by atomic mass is 19.1. The first kappa shape index (κ1) is 10.3. The van der Waals surface area contributed by atoms with E-state index < -0.39 is 0 Å². The molecule has 0 bridgehead atoms. The van der Waals surface area contributed by atoms with Crippen molar-refractivity contribution in [3.63, 3.8) is 0 Å². The van der Waals surface area contributed by atoms with Crippen molar-refractivity contribution >= 4 is 17.8 Å². The normalized spacial score (nSPS) is 9.81. The fraction of sp³-hybridized carbons (Fsp3) is 0. The third-order valence-corrected chi connectivity index (χ3v) is 2.07. The molecule has 0 saturated heterocycles. The number of nitrogens with one attached hydrogen (secondary N) is 1. The van der Waals surface area contributed by atoms with Crippen molar-refractivity contribution in [3.8, 4) is 0 Å². The minimum Gasteiger partial charge on any atom is -0.340 e. The number of hydrogen-bond donors (Lipinski definition) is 1. The van der Waals surface area contributed by atoms with E-state index in [1.807, 2.05) is 0 Å². The topological polar surface area (TPSA) is 42.0 Å². The van der Waals surface area contributed by atoms with Gasteiger partial charge in [-0.1, -0.05) is 0 Å². The SMILES string of the molecule is O=Cc1cccnc1Nc1ccc(F)cc1. The van der Waals surface area contributed by atoms with Gasteiger partial charge in [0, 0.05) is 11.9 Å². The molecule has 0 radical (unpaired) electrons. The van der Waals surface area contributed by atoms with Crippen LogP contribution in [0.2, 0.25) is 0 Å². The van der Waals surface area contributed by atoms with Crippen molar-refractivity contribution in [2.45, 2.75) is 0 Å². The second-order valence-electron chi connectivity index (χ2n) is 3.19. The van der Waals surface area contributed by atoms with Gasteiger partial charge in [0.15, 0.2) is 6.29 Å². The molecule has 0 unspecified atom stereocenters. The molecule has 1 heterocycles.